The van der Waals surface area contributed by atoms with Crippen LogP contribution in [0.15, 0.2) is 18.2 Å². The maximum Gasteiger partial charge on any atom is 0.482 e. The van der Waals surface area contributed by atoms with Gasteiger partial charge in [-0.05, 0) is 31.5 Å². The van der Waals surface area contributed by atoms with Gasteiger partial charge in [0.25, 0.3) is 0 Å². The number of hydrogen-bond donors (Lipinski definition) is 1. The Labute approximate surface area is 141 Å². The molecule has 1 aromatic rings. The molecule has 3 atom stereocenters. The Morgan fingerprint density at radius 3 is 2.28 bits per heavy atom. The van der Waals surface area contributed by atoms with E-state index in [1.807, 2.05) is 0 Å². The highest BCUT2D eigenvalue weighted by Gasteiger charge is 2.65. The maximum absolute atomic E-state index is 13.1. The van der Waals surface area contributed by atoms with Crippen molar-refractivity contribution in [1.29, 1.82) is 0 Å². The Kier molecular flexibility index (Phi) is 4.71. The summed E-state index contributed by atoms with van der Waals surface area (Å²) in [5, 5.41) is 9.66. The van der Waals surface area contributed by atoms with Gasteiger partial charge in [0.1, 0.15) is 5.60 Å². The van der Waals surface area contributed by atoms with Gasteiger partial charge in [-0.15, -0.1) is 0 Å². The quantitative estimate of drug-likeness (QED) is 0.789. The molecule has 1 aliphatic heterocycles. The van der Waals surface area contributed by atoms with E-state index in [2.05, 4.69) is 4.74 Å². The molecule has 25 heavy (non-hydrogen) atoms. The largest absolute Gasteiger partial charge is 0.504 e. The van der Waals surface area contributed by atoms with Crippen molar-refractivity contribution in [2.24, 2.45) is 5.41 Å². The third kappa shape index (κ3) is 3.03. The van der Waals surface area contributed by atoms with E-state index in [0.29, 0.717) is 5.56 Å². The van der Waals surface area contributed by atoms with Gasteiger partial charge in [0.15, 0.2) is 11.5 Å². The highest BCUT2D eigenvalue weighted by molar-refractivity contribution is 5.45. The Balaban J connectivity index is 2.30. The summed E-state index contributed by atoms with van der Waals surface area (Å²) < 4.78 is 77.9. The standard InChI is InChI=1S/C16H19F5O4/c1-9-13(2,8-24-16(20,21)15(17,18)19)14(3,25-9)10-5-6-11(22)12(7-10)23-4/h5-7,9,22H,8H2,1-4H3. The second-order valence-electron chi connectivity index (χ2n) is 6.40. The predicted octanol–water partition coefficient (Wildman–Crippen LogP) is 4.21. The molecule has 0 spiro atoms. The first-order valence-electron chi connectivity index (χ1n) is 7.42. The molecule has 0 radical (unpaired) electrons. The van der Waals surface area contributed by atoms with E-state index in [0.717, 1.165) is 0 Å². The Hall–Kier alpha value is -1.61. The summed E-state index contributed by atoms with van der Waals surface area (Å²) in [4.78, 5) is 0. The van der Waals surface area contributed by atoms with Crippen LogP contribution in [-0.4, -0.2) is 37.2 Å². The van der Waals surface area contributed by atoms with Crippen LogP contribution in [0.1, 0.15) is 26.3 Å². The van der Waals surface area contributed by atoms with E-state index in [4.69, 9.17) is 9.47 Å². The van der Waals surface area contributed by atoms with Gasteiger partial charge in [0.05, 0.1) is 25.2 Å². The Morgan fingerprint density at radius 2 is 1.80 bits per heavy atom. The van der Waals surface area contributed by atoms with Gasteiger partial charge in [0.2, 0.25) is 0 Å². The summed E-state index contributed by atoms with van der Waals surface area (Å²) in [6.07, 6.45) is -11.7. The van der Waals surface area contributed by atoms with Crippen LogP contribution < -0.4 is 4.74 Å². The molecule has 2 rings (SSSR count). The van der Waals surface area contributed by atoms with Crippen LogP contribution >= 0.6 is 0 Å². The van der Waals surface area contributed by atoms with Gasteiger partial charge in [0, 0.05) is 0 Å². The zero-order chi connectivity index (χ0) is 19.3. The van der Waals surface area contributed by atoms with Crippen LogP contribution in [0.25, 0.3) is 0 Å². The number of benzene rings is 1. The van der Waals surface area contributed by atoms with Crippen LogP contribution in [-0.2, 0) is 15.1 Å². The summed E-state index contributed by atoms with van der Waals surface area (Å²) in [6.45, 7) is 3.76. The molecular formula is C16H19F5O4. The van der Waals surface area contributed by atoms with Gasteiger partial charge < -0.3 is 19.3 Å². The summed E-state index contributed by atoms with van der Waals surface area (Å²) in [5.74, 6) is -0.00505. The molecule has 0 aromatic heterocycles. The van der Waals surface area contributed by atoms with Crippen molar-refractivity contribution in [3.63, 3.8) is 0 Å². The number of halogens is 5. The van der Waals surface area contributed by atoms with E-state index in [1.54, 1.807) is 13.8 Å². The van der Waals surface area contributed by atoms with Gasteiger partial charge >= 0.3 is 12.3 Å². The fraction of sp³-hybridized carbons (Fsp3) is 0.625. The molecule has 1 fully saturated rings. The second kappa shape index (κ2) is 5.98. The number of phenolic OH excluding ortho intramolecular Hbond substituents is 1. The summed E-state index contributed by atoms with van der Waals surface area (Å²) in [5.41, 5.74) is -1.90. The highest BCUT2D eigenvalue weighted by atomic mass is 19.4. The number of phenols is 1. The number of ether oxygens (including phenoxy) is 3. The van der Waals surface area contributed by atoms with Crippen molar-refractivity contribution in [3.8, 4) is 11.5 Å². The molecule has 0 bridgehead atoms. The van der Waals surface area contributed by atoms with Crippen molar-refractivity contribution in [1.82, 2.24) is 0 Å². The van der Waals surface area contributed by atoms with Crippen LogP contribution in [0, 0.1) is 5.41 Å². The second-order valence-corrected chi connectivity index (χ2v) is 6.40. The lowest BCUT2D eigenvalue weighted by atomic mass is 9.62. The normalized spacial score (nSPS) is 30.0. The molecule has 4 nitrogen and oxygen atoms in total. The van der Waals surface area contributed by atoms with Crippen LogP contribution in [0.5, 0.6) is 11.5 Å². The van der Waals surface area contributed by atoms with E-state index in [-0.39, 0.29) is 11.5 Å². The molecule has 1 N–H and O–H groups in total. The number of rotatable bonds is 5. The van der Waals surface area contributed by atoms with Crippen LogP contribution in [0.2, 0.25) is 0 Å². The minimum Gasteiger partial charge on any atom is -0.504 e. The van der Waals surface area contributed by atoms with Gasteiger partial charge in [-0.2, -0.15) is 22.0 Å². The molecule has 1 heterocycles. The minimum atomic E-state index is -5.80. The van der Waals surface area contributed by atoms with E-state index in [1.165, 1.54) is 32.2 Å². The van der Waals surface area contributed by atoms with Crippen molar-refractivity contribution in [2.75, 3.05) is 13.7 Å². The zero-order valence-corrected chi connectivity index (χ0v) is 14.1. The average molecular weight is 370 g/mol. The lowest BCUT2D eigenvalue weighted by Gasteiger charge is -2.60. The molecule has 1 aromatic carbocycles. The van der Waals surface area contributed by atoms with Crippen LogP contribution in [0.3, 0.4) is 0 Å². The number of methoxy groups -OCH3 is 1. The minimum absolute atomic E-state index is 0.130. The summed E-state index contributed by atoms with van der Waals surface area (Å²) in [7, 11) is 1.33. The SMILES string of the molecule is COc1cc(C2(C)OC(C)C2(C)COC(F)(F)C(F)(F)F)ccc1O. The third-order valence-corrected chi connectivity index (χ3v) is 5.01. The number of aromatic hydroxyl groups is 1. The molecule has 3 unspecified atom stereocenters. The first-order chi connectivity index (χ1) is 11.3. The van der Waals surface area contributed by atoms with E-state index in [9.17, 15) is 27.1 Å². The molecule has 1 aliphatic rings. The monoisotopic (exact) mass is 370 g/mol. The zero-order valence-electron chi connectivity index (χ0n) is 14.1. The number of alkyl halides is 5. The molecule has 142 valence electrons. The van der Waals surface area contributed by atoms with Gasteiger partial charge in [-0.1, -0.05) is 13.0 Å². The van der Waals surface area contributed by atoms with Crippen molar-refractivity contribution in [3.05, 3.63) is 23.8 Å². The predicted molar refractivity (Wildman–Crippen MR) is 77.6 cm³/mol. The lowest BCUT2D eigenvalue weighted by molar-refractivity contribution is -0.415. The molecule has 9 heteroatoms. The van der Waals surface area contributed by atoms with Crippen LogP contribution in [0.4, 0.5) is 22.0 Å². The Morgan fingerprint density at radius 1 is 1.20 bits per heavy atom. The first-order valence-corrected chi connectivity index (χ1v) is 7.42. The fourth-order valence-corrected chi connectivity index (χ4v) is 2.90. The molecule has 0 aliphatic carbocycles. The average Bonchev–Trinajstić information content (AvgIpc) is 2.51. The lowest BCUT2D eigenvalue weighted by Crippen LogP contribution is -2.65. The Bertz CT molecular complexity index is 648. The van der Waals surface area contributed by atoms with E-state index >= 15 is 0 Å². The molecule has 0 amide bonds. The molecule has 1 saturated heterocycles. The third-order valence-electron chi connectivity index (χ3n) is 5.01. The summed E-state index contributed by atoms with van der Waals surface area (Å²) in [6, 6.07) is 4.27. The van der Waals surface area contributed by atoms with Gasteiger partial charge in [-0.3, -0.25) is 0 Å². The van der Waals surface area contributed by atoms with Crippen molar-refractivity contribution < 1.29 is 41.3 Å². The smallest absolute Gasteiger partial charge is 0.482 e. The first kappa shape index (κ1) is 19.7. The number of hydrogen-bond acceptors (Lipinski definition) is 4. The highest BCUT2D eigenvalue weighted by Crippen LogP contribution is 2.57. The maximum atomic E-state index is 13.1. The topological polar surface area (TPSA) is 47.9 Å². The molecular weight excluding hydrogens is 351 g/mol. The van der Waals surface area contributed by atoms with Gasteiger partial charge in [-0.25, -0.2) is 0 Å². The van der Waals surface area contributed by atoms with Crippen molar-refractivity contribution in [2.45, 2.75) is 44.8 Å². The fourth-order valence-electron chi connectivity index (χ4n) is 2.90. The molecule has 0 saturated carbocycles. The van der Waals surface area contributed by atoms with Crippen molar-refractivity contribution >= 4 is 0 Å². The summed E-state index contributed by atoms with van der Waals surface area (Å²) >= 11 is 0. The van der Waals surface area contributed by atoms with E-state index < -0.39 is 36.0 Å².